The Morgan fingerprint density at radius 3 is 2.58 bits per heavy atom. The number of hydrogen-bond acceptors (Lipinski definition) is 4. The fourth-order valence-electron chi connectivity index (χ4n) is 3.24. The Hall–Kier alpha value is -2.08. The average molecular weight is 374 g/mol. The van der Waals surface area contributed by atoms with E-state index in [9.17, 15) is 8.42 Å². The summed E-state index contributed by atoms with van der Waals surface area (Å²) >= 11 is 0. The molecule has 0 fully saturated rings. The van der Waals surface area contributed by atoms with Crippen molar-refractivity contribution in [3.63, 3.8) is 0 Å². The van der Waals surface area contributed by atoms with E-state index in [1.807, 2.05) is 12.1 Å². The number of aromatic nitrogens is 1. The van der Waals surface area contributed by atoms with Crippen molar-refractivity contribution in [2.45, 2.75) is 56.8 Å². The molecule has 0 bridgehead atoms. The zero-order chi connectivity index (χ0) is 18.4. The first-order chi connectivity index (χ1) is 12.6. The van der Waals surface area contributed by atoms with Gasteiger partial charge in [-0.25, -0.2) is 13.4 Å². The molecule has 1 aromatic carbocycles. The maximum atomic E-state index is 12.6. The Morgan fingerprint density at radius 2 is 1.85 bits per heavy atom. The number of unbranched alkanes of at least 4 members (excludes halogenated alkanes) is 2. The number of pyridine rings is 1. The lowest BCUT2D eigenvalue weighted by Crippen LogP contribution is -2.15. The highest BCUT2D eigenvalue weighted by Gasteiger charge is 2.18. The summed E-state index contributed by atoms with van der Waals surface area (Å²) in [6, 6.07) is 8.98. The second-order valence-electron chi connectivity index (χ2n) is 6.81. The van der Waals surface area contributed by atoms with Gasteiger partial charge in [0.1, 0.15) is 5.82 Å². The number of sulfonamides is 1. The normalized spacial score (nSPS) is 13.9. The van der Waals surface area contributed by atoms with E-state index in [4.69, 9.17) is 0 Å². The first-order valence-electron chi connectivity index (χ1n) is 9.43. The summed E-state index contributed by atoms with van der Waals surface area (Å²) in [5.41, 5.74) is 3.32. The van der Waals surface area contributed by atoms with Crippen LogP contribution < -0.4 is 10.0 Å². The molecule has 0 aliphatic heterocycles. The maximum Gasteiger partial charge on any atom is 0.263 e. The van der Waals surface area contributed by atoms with Gasteiger partial charge < -0.3 is 5.32 Å². The van der Waals surface area contributed by atoms with E-state index in [1.54, 1.807) is 24.4 Å². The lowest BCUT2D eigenvalue weighted by atomic mass is 9.92. The number of nitrogens with zero attached hydrogens (tertiary/aromatic N) is 1. The highest BCUT2D eigenvalue weighted by atomic mass is 32.2. The fraction of sp³-hybridized carbons (Fsp3) is 0.450. The molecule has 5 nitrogen and oxygen atoms in total. The summed E-state index contributed by atoms with van der Waals surface area (Å²) in [5.74, 6) is 0.335. The van der Waals surface area contributed by atoms with Crippen molar-refractivity contribution in [1.82, 2.24) is 4.98 Å². The minimum Gasteiger partial charge on any atom is -0.384 e. The number of benzene rings is 1. The van der Waals surface area contributed by atoms with Crippen molar-refractivity contribution in [3.05, 3.63) is 47.7 Å². The number of rotatable bonds is 8. The molecule has 1 heterocycles. The number of nitrogens with one attached hydrogen (secondary N) is 2. The van der Waals surface area contributed by atoms with E-state index in [1.165, 1.54) is 24.8 Å². The Kier molecular flexibility index (Phi) is 6.14. The van der Waals surface area contributed by atoms with Gasteiger partial charge in [0.05, 0.1) is 16.8 Å². The van der Waals surface area contributed by atoms with Crippen molar-refractivity contribution < 1.29 is 8.42 Å². The smallest absolute Gasteiger partial charge is 0.263 e. The Morgan fingerprint density at radius 1 is 1.04 bits per heavy atom. The second kappa shape index (κ2) is 8.54. The average Bonchev–Trinajstić information content (AvgIpc) is 2.66. The Bertz CT molecular complexity index is 833. The van der Waals surface area contributed by atoms with Crippen molar-refractivity contribution in [2.75, 3.05) is 16.6 Å². The molecule has 2 aromatic rings. The molecular weight excluding hydrogens is 346 g/mol. The molecule has 26 heavy (non-hydrogen) atoms. The van der Waals surface area contributed by atoms with Crippen LogP contribution in [0.3, 0.4) is 0 Å². The first kappa shape index (κ1) is 18.7. The molecule has 0 unspecified atom stereocenters. The second-order valence-corrected chi connectivity index (χ2v) is 8.49. The Balaban J connectivity index is 1.65. The quantitative estimate of drug-likeness (QED) is 0.674. The molecular formula is C20H27N3O2S. The summed E-state index contributed by atoms with van der Waals surface area (Å²) < 4.78 is 27.9. The van der Waals surface area contributed by atoms with Gasteiger partial charge in [-0.15, -0.1) is 0 Å². The largest absolute Gasteiger partial charge is 0.384 e. The van der Waals surface area contributed by atoms with Gasteiger partial charge in [-0.2, -0.15) is 0 Å². The SMILES string of the molecule is CCCCCNc1ccc(NS(=O)(=O)c2ccc3c(c2)CCCC3)nc1. The zero-order valence-corrected chi connectivity index (χ0v) is 16.1. The van der Waals surface area contributed by atoms with Crippen LogP contribution in [0, 0.1) is 0 Å². The molecule has 1 aromatic heterocycles. The number of aryl methyl sites for hydroxylation is 2. The van der Waals surface area contributed by atoms with E-state index >= 15 is 0 Å². The highest BCUT2D eigenvalue weighted by molar-refractivity contribution is 7.92. The molecule has 0 saturated heterocycles. The predicted molar refractivity (Wildman–Crippen MR) is 106 cm³/mol. The summed E-state index contributed by atoms with van der Waals surface area (Å²) in [6.07, 6.45) is 9.45. The predicted octanol–water partition coefficient (Wildman–Crippen LogP) is 4.36. The third-order valence-electron chi connectivity index (χ3n) is 4.74. The van der Waals surface area contributed by atoms with Crippen LogP contribution in [-0.4, -0.2) is 19.9 Å². The van der Waals surface area contributed by atoms with E-state index in [0.717, 1.165) is 43.5 Å². The lowest BCUT2D eigenvalue weighted by Gasteiger charge is -2.17. The summed E-state index contributed by atoms with van der Waals surface area (Å²) in [4.78, 5) is 4.53. The van der Waals surface area contributed by atoms with Gasteiger partial charge in [-0.1, -0.05) is 25.8 Å². The van der Waals surface area contributed by atoms with E-state index in [-0.39, 0.29) is 0 Å². The Labute approximate surface area is 156 Å². The summed E-state index contributed by atoms with van der Waals surface area (Å²) in [7, 11) is -3.62. The van der Waals surface area contributed by atoms with Gasteiger partial charge >= 0.3 is 0 Å². The van der Waals surface area contributed by atoms with Crippen LogP contribution in [-0.2, 0) is 22.9 Å². The van der Waals surface area contributed by atoms with Gasteiger partial charge in [0.15, 0.2) is 0 Å². The van der Waals surface area contributed by atoms with Crippen LogP contribution >= 0.6 is 0 Å². The van der Waals surface area contributed by atoms with E-state index in [0.29, 0.717) is 10.7 Å². The molecule has 0 saturated carbocycles. The maximum absolute atomic E-state index is 12.6. The van der Waals surface area contributed by atoms with E-state index < -0.39 is 10.0 Å². The fourth-order valence-corrected chi connectivity index (χ4v) is 4.30. The highest BCUT2D eigenvalue weighted by Crippen LogP contribution is 2.25. The standard InChI is InChI=1S/C20H27N3O2S/c1-2-3-6-13-21-18-10-12-20(22-15-18)23-26(24,25)19-11-9-16-7-4-5-8-17(16)14-19/h9-12,14-15,21H,2-8,13H2,1H3,(H,22,23). The monoisotopic (exact) mass is 373 g/mol. The van der Waals surface area contributed by atoms with Crippen molar-refractivity contribution in [3.8, 4) is 0 Å². The molecule has 3 rings (SSSR count). The van der Waals surface area contributed by atoms with Gasteiger partial charge in [0, 0.05) is 6.54 Å². The van der Waals surface area contributed by atoms with Crippen LogP contribution in [0.4, 0.5) is 11.5 Å². The van der Waals surface area contributed by atoms with Crippen LogP contribution in [0.25, 0.3) is 0 Å². The van der Waals surface area contributed by atoms with Crippen molar-refractivity contribution >= 4 is 21.5 Å². The van der Waals surface area contributed by atoms with Crippen LogP contribution in [0.1, 0.15) is 50.2 Å². The van der Waals surface area contributed by atoms with Gasteiger partial charge in [0.25, 0.3) is 10.0 Å². The van der Waals surface area contributed by atoms with Crippen molar-refractivity contribution in [1.29, 1.82) is 0 Å². The molecule has 0 radical (unpaired) electrons. The molecule has 1 aliphatic rings. The minimum atomic E-state index is -3.62. The van der Waals surface area contributed by atoms with Gasteiger partial charge in [-0.3, -0.25) is 4.72 Å². The van der Waals surface area contributed by atoms with Crippen molar-refractivity contribution in [2.24, 2.45) is 0 Å². The molecule has 0 spiro atoms. The molecule has 6 heteroatoms. The summed E-state index contributed by atoms with van der Waals surface area (Å²) in [6.45, 7) is 3.07. The molecule has 1 aliphatic carbocycles. The summed E-state index contributed by atoms with van der Waals surface area (Å²) in [5, 5.41) is 3.30. The van der Waals surface area contributed by atoms with Crippen LogP contribution in [0.15, 0.2) is 41.4 Å². The number of anilines is 2. The van der Waals surface area contributed by atoms with Gasteiger partial charge in [-0.05, 0) is 67.5 Å². The molecule has 0 amide bonds. The molecule has 140 valence electrons. The van der Waals surface area contributed by atoms with Crippen LogP contribution in [0.2, 0.25) is 0 Å². The number of hydrogen-bond donors (Lipinski definition) is 2. The van der Waals surface area contributed by atoms with Crippen LogP contribution in [0.5, 0.6) is 0 Å². The molecule has 2 N–H and O–H groups in total. The van der Waals surface area contributed by atoms with E-state index in [2.05, 4.69) is 21.9 Å². The third kappa shape index (κ3) is 4.75. The third-order valence-corrected chi connectivity index (χ3v) is 6.09. The lowest BCUT2D eigenvalue weighted by molar-refractivity contribution is 0.600. The first-order valence-corrected chi connectivity index (χ1v) is 10.9. The van der Waals surface area contributed by atoms with Gasteiger partial charge in [0.2, 0.25) is 0 Å². The number of fused-ring (bicyclic) bond motifs is 1. The zero-order valence-electron chi connectivity index (χ0n) is 15.3. The topological polar surface area (TPSA) is 71.1 Å². The molecule has 0 atom stereocenters. The minimum absolute atomic E-state index is 0.307.